The Morgan fingerprint density at radius 3 is 2.43 bits per heavy atom. The van der Waals surface area contributed by atoms with Crippen LogP contribution in [0.2, 0.25) is 0 Å². The molecule has 3 saturated heterocycles. The van der Waals surface area contributed by atoms with Gasteiger partial charge in [-0.1, -0.05) is 13.3 Å². The molecule has 7 heteroatoms. The van der Waals surface area contributed by atoms with Gasteiger partial charge in [-0.05, 0) is 37.3 Å². The molecule has 4 heterocycles. The number of carbonyl (C=O) groups is 2. The van der Waals surface area contributed by atoms with E-state index in [1.165, 1.54) is 6.42 Å². The van der Waals surface area contributed by atoms with E-state index in [1.807, 2.05) is 29.0 Å². The second kappa shape index (κ2) is 9.33. The molecule has 0 bridgehead atoms. The molecule has 2 amide bonds. The van der Waals surface area contributed by atoms with Crippen LogP contribution in [0.5, 0.6) is 0 Å². The molecule has 1 unspecified atom stereocenters. The molecule has 1 atom stereocenters. The Morgan fingerprint density at radius 1 is 1.07 bits per heavy atom. The minimum Gasteiger partial charge on any atom is -0.371 e. The van der Waals surface area contributed by atoms with E-state index >= 15 is 0 Å². The van der Waals surface area contributed by atoms with Crippen LogP contribution in [0.15, 0.2) is 24.5 Å². The topological polar surface area (TPSA) is 60.0 Å². The second-order valence-electron chi connectivity index (χ2n) is 9.17. The molecule has 0 spiro atoms. The van der Waals surface area contributed by atoms with Crippen molar-refractivity contribution in [1.29, 1.82) is 0 Å². The van der Waals surface area contributed by atoms with E-state index in [1.54, 1.807) is 12.4 Å². The van der Waals surface area contributed by atoms with E-state index in [4.69, 9.17) is 0 Å². The van der Waals surface area contributed by atoms with Gasteiger partial charge in [0.2, 0.25) is 11.8 Å². The van der Waals surface area contributed by atoms with Crippen LogP contribution in [0.25, 0.3) is 0 Å². The third kappa shape index (κ3) is 4.61. The first-order chi connectivity index (χ1) is 14.5. The zero-order valence-corrected chi connectivity index (χ0v) is 18.4. The minimum absolute atomic E-state index is 0.0563. The van der Waals surface area contributed by atoms with E-state index in [9.17, 15) is 9.59 Å². The molecule has 0 radical (unpaired) electrons. The number of rotatable bonds is 6. The van der Waals surface area contributed by atoms with E-state index in [-0.39, 0.29) is 23.8 Å². The average Bonchev–Trinajstić information content (AvgIpc) is 3.26. The fourth-order valence-electron chi connectivity index (χ4n) is 5.08. The molecule has 3 fully saturated rings. The number of aromatic nitrogens is 1. The van der Waals surface area contributed by atoms with Gasteiger partial charge in [0.1, 0.15) is 0 Å². The summed E-state index contributed by atoms with van der Waals surface area (Å²) in [5.74, 6) is 1.33. The summed E-state index contributed by atoms with van der Waals surface area (Å²) in [6, 6.07) is 4.25. The van der Waals surface area contributed by atoms with Crippen LogP contribution < -0.4 is 4.90 Å². The maximum Gasteiger partial charge on any atom is 0.236 e. The van der Waals surface area contributed by atoms with Gasteiger partial charge in [0.25, 0.3) is 0 Å². The van der Waals surface area contributed by atoms with Gasteiger partial charge >= 0.3 is 0 Å². The number of amides is 2. The number of nitrogens with zero attached hydrogens (tertiary/aromatic N) is 5. The molecule has 30 heavy (non-hydrogen) atoms. The second-order valence-corrected chi connectivity index (χ2v) is 9.17. The van der Waals surface area contributed by atoms with Crippen LogP contribution in [0, 0.1) is 11.8 Å². The third-order valence-corrected chi connectivity index (χ3v) is 7.25. The Balaban J connectivity index is 1.22. The minimum atomic E-state index is 0.0563. The summed E-state index contributed by atoms with van der Waals surface area (Å²) in [7, 11) is 1.95. The highest BCUT2D eigenvalue weighted by atomic mass is 16.2. The zero-order valence-electron chi connectivity index (χ0n) is 18.4. The SMILES string of the molecule is CCC1CN(CC(=O)N2CCC(N(C)C(=O)C3CCN(c4ccncc4)C3)CC2)C1. The van der Waals surface area contributed by atoms with Crippen LogP contribution in [0.3, 0.4) is 0 Å². The van der Waals surface area contributed by atoms with E-state index < -0.39 is 0 Å². The lowest BCUT2D eigenvalue weighted by Gasteiger charge is -2.41. The van der Waals surface area contributed by atoms with Gasteiger partial charge in [0.05, 0.1) is 12.5 Å². The summed E-state index contributed by atoms with van der Waals surface area (Å²) < 4.78 is 0. The molecular formula is C23H35N5O2. The van der Waals surface area contributed by atoms with Gasteiger partial charge in [-0.25, -0.2) is 0 Å². The highest BCUT2D eigenvalue weighted by Crippen LogP contribution is 2.26. The predicted molar refractivity (Wildman–Crippen MR) is 117 cm³/mol. The monoisotopic (exact) mass is 413 g/mol. The van der Waals surface area contributed by atoms with Crippen molar-refractivity contribution in [1.82, 2.24) is 19.7 Å². The van der Waals surface area contributed by atoms with E-state index in [2.05, 4.69) is 21.7 Å². The fourth-order valence-corrected chi connectivity index (χ4v) is 5.08. The molecule has 0 aromatic carbocycles. The maximum atomic E-state index is 13.1. The Labute approximate surface area is 180 Å². The third-order valence-electron chi connectivity index (χ3n) is 7.25. The van der Waals surface area contributed by atoms with Crippen molar-refractivity contribution in [3.63, 3.8) is 0 Å². The lowest BCUT2D eigenvalue weighted by atomic mass is 9.97. The Hall–Kier alpha value is -2.15. The van der Waals surface area contributed by atoms with E-state index in [0.29, 0.717) is 6.54 Å². The molecule has 1 aromatic rings. The van der Waals surface area contributed by atoms with Gasteiger partial charge < -0.3 is 14.7 Å². The molecular weight excluding hydrogens is 378 g/mol. The molecule has 3 aliphatic rings. The first-order valence-corrected chi connectivity index (χ1v) is 11.5. The molecule has 0 aliphatic carbocycles. The van der Waals surface area contributed by atoms with Crippen LogP contribution in [0.1, 0.15) is 32.6 Å². The Bertz CT molecular complexity index is 728. The summed E-state index contributed by atoms with van der Waals surface area (Å²) >= 11 is 0. The quantitative estimate of drug-likeness (QED) is 0.710. The highest BCUT2D eigenvalue weighted by Gasteiger charge is 2.35. The van der Waals surface area contributed by atoms with Crippen molar-refractivity contribution in [2.45, 2.75) is 38.6 Å². The number of hydrogen-bond donors (Lipinski definition) is 0. The number of carbonyl (C=O) groups excluding carboxylic acids is 2. The average molecular weight is 414 g/mol. The van der Waals surface area contributed by atoms with Crippen LogP contribution >= 0.6 is 0 Å². The number of piperidine rings is 1. The van der Waals surface area contributed by atoms with Crippen LogP contribution in [0.4, 0.5) is 5.69 Å². The first-order valence-electron chi connectivity index (χ1n) is 11.5. The summed E-state index contributed by atoms with van der Waals surface area (Å²) in [4.78, 5) is 38.2. The van der Waals surface area contributed by atoms with Crippen molar-refractivity contribution >= 4 is 17.5 Å². The van der Waals surface area contributed by atoms with Crippen molar-refractivity contribution in [3.05, 3.63) is 24.5 Å². The molecule has 164 valence electrons. The Kier molecular flexibility index (Phi) is 6.56. The molecule has 1 aromatic heterocycles. The van der Waals surface area contributed by atoms with Gasteiger partial charge in [0, 0.05) is 70.4 Å². The van der Waals surface area contributed by atoms with Gasteiger partial charge in [0.15, 0.2) is 0 Å². The fraction of sp³-hybridized carbons (Fsp3) is 0.696. The summed E-state index contributed by atoms with van der Waals surface area (Å²) in [5, 5.41) is 0. The highest BCUT2D eigenvalue weighted by molar-refractivity contribution is 5.81. The molecule has 7 nitrogen and oxygen atoms in total. The smallest absolute Gasteiger partial charge is 0.236 e. The predicted octanol–water partition coefficient (Wildman–Crippen LogP) is 1.70. The largest absolute Gasteiger partial charge is 0.371 e. The van der Waals surface area contributed by atoms with E-state index in [0.717, 1.165) is 70.1 Å². The summed E-state index contributed by atoms with van der Waals surface area (Å²) in [6.07, 6.45) is 7.47. The lowest BCUT2D eigenvalue weighted by molar-refractivity contribution is -0.139. The van der Waals surface area contributed by atoms with Gasteiger partial charge in [-0.3, -0.25) is 19.5 Å². The van der Waals surface area contributed by atoms with Gasteiger partial charge in [-0.2, -0.15) is 0 Å². The lowest BCUT2D eigenvalue weighted by Crippen LogP contribution is -2.54. The molecule has 4 rings (SSSR count). The zero-order chi connectivity index (χ0) is 21.1. The Morgan fingerprint density at radius 2 is 1.77 bits per heavy atom. The molecule has 3 aliphatic heterocycles. The number of anilines is 1. The molecule has 0 saturated carbocycles. The normalized spacial score (nSPS) is 23.5. The standard InChI is InChI=1S/C23H35N5O2/c1-3-18-14-26(15-18)17-22(29)27-12-7-20(8-13-27)25(2)23(30)19-6-11-28(16-19)21-4-9-24-10-5-21/h4-5,9-10,18-20H,3,6-8,11-17H2,1-2H3. The number of hydrogen-bond acceptors (Lipinski definition) is 5. The van der Waals surface area contributed by atoms with Crippen LogP contribution in [-0.4, -0.2) is 90.4 Å². The van der Waals surface area contributed by atoms with Crippen LogP contribution in [-0.2, 0) is 9.59 Å². The van der Waals surface area contributed by atoms with Crippen molar-refractivity contribution in [3.8, 4) is 0 Å². The molecule has 0 N–H and O–H groups in total. The van der Waals surface area contributed by atoms with Gasteiger partial charge in [-0.15, -0.1) is 0 Å². The first kappa shape index (κ1) is 21.1. The van der Waals surface area contributed by atoms with Crippen molar-refractivity contribution in [2.75, 3.05) is 57.8 Å². The maximum absolute atomic E-state index is 13.1. The van der Waals surface area contributed by atoms with Crippen molar-refractivity contribution < 1.29 is 9.59 Å². The number of likely N-dealkylation sites (tertiary alicyclic amines) is 2. The van der Waals surface area contributed by atoms with Crippen molar-refractivity contribution in [2.24, 2.45) is 11.8 Å². The summed E-state index contributed by atoms with van der Waals surface area (Å²) in [5.41, 5.74) is 1.14. The summed E-state index contributed by atoms with van der Waals surface area (Å²) in [6.45, 7) is 8.12. The number of pyridine rings is 1.